The summed E-state index contributed by atoms with van der Waals surface area (Å²) in [6, 6.07) is 19.9. The van der Waals surface area contributed by atoms with Crippen molar-refractivity contribution in [2.75, 3.05) is 20.6 Å². The summed E-state index contributed by atoms with van der Waals surface area (Å²) in [6.07, 6.45) is 9.57. The Hall–Kier alpha value is -3.64. The molecule has 1 saturated heterocycles. The van der Waals surface area contributed by atoms with Gasteiger partial charge in [-0.05, 0) is 76.2 Å². The van der Waals surface area contributed by atoms with Gasteiger partial charge in [-0.2, -0.15) is 0 Å². The fourth-order valence-electron chi connectivity index (χ4n) is 7.15. The number of fused-ring (bicyclic) bond motifs is 4. The van der Waals surface area contributed by atoms with Crippen molar-refractivity contribution < 1.29 is 0 Å². The topological polar surface area (TPSA) is 60.8 Å². The number of benzene rings is 2. The summed E-state index contributed by atoms with van der Waals surface area (Å²) in [7, 11) is 4.39. The number of pyridine rings is 1. The highest BCUT2D eigenvalue weighted by atomic mass is 15.6. The van der Waals surface area contributed by atoms with E-state index in [1.165, 1.54) is 54.4 Å². The molecule has 4 aliphatic rings. The molecular weight excluding hydrogens is 468 g/mol. The van der Waals surface area contributed by atoms with E-state index in [-0.39, 0.29) is 0 Å². The Kier molecular flexibility index (Phi) is 5.55. The van der Waals surface area contributed by atoms with E-state index in [0.717, 1.165) is 28.4 Å². The molecule has 3 aliphatic heterocycles. The van der Waals surface area contributed by atoms with Crippen LogP contribution in [0.1, 0.15) is 36.8 Å². The molecule has 6 nitrogen and oxygen atoms in total. The molecule has 0 amide bonds. The van der Waals surface area contributed by atoms with Crippen LogP contribution in [0.5, 0.6) is 0 Å². The molecule has 0 radical (unpaired) electrons. The van der Waals surface area contributed by atoms with Gasteiger partial charge < -0.3 is 20.4 Å². The number of nitrogens with zero attached hydrogens (tertiary/aromatic N) is 5. The van der Waals surface area contributed by atoms with Gasteiger partial charge in [-0.15, -0.1) is 0 Å². The molecule has 38 heavy (non-hydrogen) atoms. The largest absolute Gasteiger partial charge is 0.382 e. The minimum Gasteiger partial charge on any atom is -0.382 e. The third-order valence-corrected chi connectivity index (χ3v) is 8.89. The lowest BCUT2D eigenvalue weighted by atomic mass is 9.79. The van der Waals surface area contributed by atoms with Crippen LogP contribution in [-0.2, 0) is 0 Å². The van der Waals surface area contributed by atoms with Gasteiger partial charge in [0.25, 0.3) is 0 Å². The zero-order chi connectivity index (χ0) is 26.0. The Morgan fingerprint density at radius 1 is 0.947 bits per heavy atom. The van der Waals surface area contributed by atoms with Crippen molar-refractivity contribution in [2.24, 2.45) is 22.6 Å². The summed E-state index contributed by atoms with van der Waals surface area (Å²) in [5.74, 6) is 2.14. The fraction of sp³-hybridized carbons (Fsp3) is 0.375. The molecule has 2 aromatic carbocycles. The first kappa shape index (κ1) is 23.5. The van der Waals surface area contributed by atoms with Crippen molar-refractivity contribution in [1.29, 1.82) is 0 Å². The second-order valence-electron chi connectivity index (χ2n) is 11.7. The molecule has 2 atom stereocenters. The van der Waals surface area contributed by atoms with Crippen molar-refractivity contribution in [3.63, 3.8) is 0 Å². The van der Waals surface area contributed by atoms with Crippen LogP contribution < -0.4 is 5.73 Å². The van der Waals surface area contributed by atoms with Crippen molar-refractivity contribution in [2.45, 2.75) is 44.8 Å². The zero-order valence-corrected chi connectivity index (χ0v) is 22.5. The maximum Gasteiger partial charge on any atom is 0.149 e. The quantitative estimate of drug-likeness (QED) is 0.471. The Morgan fingerprint density at radius 2 is 1.74 bits per heavy atom. The molecule has 194 valence electrons. The first-order chi connectivity index (χ1) is 18.5. The van der Waals surface area contributed by atoms with Crippen LogP contribution in [0.3, 0.4) is 0 Å². The van der Waals surface area contributed by atoms with E-state index in [2.05, 4.69) is 95.4 Å². The van der Waals surface area contributed by atoms with Gasteiger partial charge >= 0.3 is 0 Å². The fourth-order valence-corrected chi connectivity index (χ4v) is 7.15. The predicted molar refractivity (Wildman–Crippen MR) is 155 cm³/mol. The van der Waals surface area contributed by atoms with Crippen LogP contribution in [0.15, 0.2) is 77.7 Å². The highest BCUT2D eigenvalue weighted by Gasteiger charge is 2.62. The molecule has 0 bridgehead atoms. The van der Waals surface area contributed by atoms with Gasteiger partial charge in [-0.1, -0.05) is 42.5 Å². The van der Waals surface area contributed by atoms with Gasteiger partial charge in [-0.25, -0.2) is 9.98 Å². The Balaban J connectivity index is 1.25. The van der Waals surface area contributed by atoms with E-state index >= 15 is 0 Å². The van der Waals surface area contributed by atoms with E-state index in [9.17, 15) is 0 Å². The van der Waals surface area contributed by atoms with Crippen molar-refractivity contribution >= 4 is 22.4 Å². The van der Waals surface area contributed by atoms with E-state index in [4.69, 9.17) is 10.7 Å². The third-order valence-electron chi connectivity index (χ3n) is 8.89. The van der Waals surface area contributed by atoms with Crippen LogP contribution >= 0.6 is 0 Å². The number of nitrogens with two attached hydrogens (primary N) is 1. The number of amidine groups is 1. The summed E-state index contributed by atoms with van der Waals surface area (Å²) in [5, 5.41) is 1.19. The summed E-state index contributed by atoms with van der Waals surface area (Å²) in [6.45, 7) is 3.38. The Labute approximate surface area is 225 Å². The SMILES string of the molecule is Cc1cc(-c2ccccc2)nc2cc(C3=C4C(N)=NC=CN4C4C(C5CCC(CN(C)C)CC5)N34)ccc12. The minimum absolute atomic E-state index is 0.349. The number of aromatic nitrogens is 1. The highest BCUT2D eigenvalue weighted by molar-refractivity contribution is 6.06. The molecule has 2 N–H and O–H groups in total. The first-order valence-electron chi connectivity index (χ1n) is 13.9. The Morgan fingerprint density at radius 3 is 2.50 bits per heavy atom. The monoisotopic (exact) mass is 504 g/mol. The first-order valence-corrected chi connectivity index (χ1v) is 13.9. The molecule has 1 aliphatic carbocycles. The summed E-state index contributed by atoms with van der Waals surface area (Å²) in [4.78, 5) is 16.9. The molecule has 4 heterocycles. The van der Waals surface area contributed by atoms with E-state index in [0.29, 0.717) is 24.0 Å². The van der Waals surface area contributed by atoms with Gasteiger partial charge in [0.1, 0.15) is 17.7 Å². The molecular formula is C32H36N6. The summed E-state index contributed by atoms with van der Waals surface area (Å²) < 4.78 is 0. The predicted octanol–water partition coefficient (Wildman–Crippen LogP) is 5.41. The van der Waals surface area contributed by atoms with Gasteiger partial charge in [-0.3, -0.25) is 0 Å². The van der Waals surface area contributed by atoms with Gasteiger partial charge in [0.2, 0.25) is 0 Å². The standard InChI is InChI=1S/C32H36N6/c1-20-17-26(22-7-5-4-6-8-22)35-27-18-24(13-14-25(20)27)28-30-31(33)34-15-16-37(30)32-29(38(28)32)23-11-9-21(10-12-23)19-36(2)3/h4-8,13-18,21,23,29,32H,9-12,19H2,1-3H3,(H2,33,34). The lowest BCUT2D eigenvalue weighted by Gasteiger charge is -2.32. The minimum atomic E-state index is 0.349. The average molecular weight is 505 g/mol. The van der Waals surface area contributed by atoms with E-state index in [1.807, 2.05) is 12.3 Å². The molecule has 6 heteroatoms. The lowest BCUT2D eigenvalue weighted by Crippen LogP contribution is -2.34. The average Bonchev–Trinajstić information content (AvgIpc) is 3.55. The van der Waals surface area contributed by atoms with Gasteiger partial charge in [0.15, 0.2) is 0 Å². The van der Waals surface area contributed by atoms with E-state index in [1.54, 1.807) is 0 Å². The summed E-state index contributed by atoms with van der Waals surface area (Å²) in [5.41, 5.74) is 14.4. The Bertz CT molecular complexity index is 1480. The van der Waals surface area contributed by atoms with Crippen molar-refractivity contribution in [1.82, 2.24) is 19.7 Å². The number of rotatable bonds is 5. The van der Waals surface area contributed by atoms with Gasteiger partial charge in [0, 0.05) is 35.5 Å². The van der Waals surface area contributed by atoms with Crippen LogP contribution in [0.2, 0.25) is 0 Å². The summed E-state index contributed by atoms with van der Waals surface area (Å²) >= 11 is 0. The molecule has 2 unspecified atom stereocenters. The second kappa shape index (κ2) is 8.98. The third kappa shape index (κ3) is 3.81. The zero-order valence-electron chi connectivity index (χ0n) is 22.5. The van der Waals surface area contributed by atoms with E-state index < -0.39 is 0 Å². The van der Waals surface area contributed by atoms with Crippen LogP contribution in [0, 0.1) is 18.8 Å². The number of aliphatic imine (C=N–C) groups is 1. The molecule has 7 rings (SSSR count). The maximum atomic E-state index is 6.51. The number of aryl methyl sites for hydroxylation is 1. The maximum absolute atomic E-state index is 6.51. The molecule has 3 aromatic rings. The molecule has 2 fully saturated rings. The van der Waals surface area contributed by atoms with Crippen LogP contribution in [0.4, 0.5) is 0 Å². The number of hydrogen-bond acceptors (Lipinski definition) is 6. The molecule has 1 saturated carbocycles. The molecule has 1 aromatic heterocycles. The molecule has 0 spiro atoms. The van der Waals surface area contributed by atoms with Gasteiger partial charge in [0.05, 0.1) is 22.9 Å². The van der Waals surface area contributed by atoms with Crippen molar-refractivity contribution in [3.05, 3.63) is 83.8 Å². The van der Waals surface area contributed by atoms with Crippen LogP contribution in [-0.4, -0.2) is 58.4 Å². The second-order valence-corrected chi connectivity index (χ2v) is 11.7. The lowest BCUT2D eigenvalue weighted by molar-refractivity contribution is 0.212. The number of hydrogen-bond donors (Lipinski definition) is 1. The normalized spacial score (nSPS) is 26.2. The highest BCUT2D eigenvalue weighted by Crippen LogP contribution is 2.55. The smallest absolute Gasteiger partial charge is 0.149 e. The van der Waals surface area contributed by atoms with Crippen molar-refractivity contribution in [3.8, 4) is 11.3 Å². The van der Waals surface area contributed by atoms with Crippen LogP contribution in [0.25, 0.3) is 27.9 Å².